The van der Waals surface area contributed by atoms with Crippen molar-refractivity contribution in [2.75, 3.05) is 0 Å². The lowest BCUT2D eigenvalue weighted by atomic mass is 9.62. The Labute approximate surface area is 171 Å². The molecule has 0 aliphatic heterocycles. The van der Waals surface area contributed by atoms with Crippen molar-refractivity contribution in [3.05, 3.63) is 64.7 Å². The minimum Gasteiger partial charge on any atom is -0.299 e. The second kappa shape index (κ2) is 6.76. The molecule has 148 valence electrons. The number of fused-ring (bicyclic) bond motifs is 1. The lowest BCUT2D eigenvalue weighted by Gasteiger charge is -2.40. The summed E-state index contributed by atoms with van der Waals surface area (Å²) in [5.74, 6) is 0.896. The van der Waals surface area contributed by atoms with Gasteiger partial charge in [-0.05, 0) is 59.2 Å². The highest BCUT2D eigenvalue weighted by atomic mass is 16.1. The van der Waals surface area contributed by atoms with Gasteiger partial charge < -0.3 is 0 Å². The Bertz CT molecular complexity index is 1090. The number of aromatic nitrogens is 4. The largest absolute Gasteiger partial charge is 0.299 e. The molecule has 29 heavy (non-hydrogen) atoms. The van der Waals surface area contributed by atoms with Crippen molar-refractivity contribution in [2.24, 2.45) is 0 Å². The number of hydrogen-bond acceptors (Lipinski definition) is 4. The van der Waals surface area contributed by atoms with Crippen LogP contribution in [-0.4, -0.2) is 26.4 Å². The maximum Gasteiger partial charge on any atom is 0.204 e. The van der Waals surface area contributed by atoms with Crippen LogP contribution in [0.4, 0.5) is 0 Å². The quantitative estimate of drug-likeness (QED) is 0.646. The number of benzene rings is 2. The van der Waals surface area contributed by atoms with Crippen LogP contribution in [0.3, 0.4) is 0 Å². The second-order valence-corrected chi connectivity index (χ2v) is 9.05. The summed E-state index contributed by atoms with van der Waals surface area (Å²) >= 11 is 0. The molecule has 1 aromatic heterocycles. The summed E-state index contributed by atoms with van der Waals surface area (Å²) in [5, 5.41) is 14.1. The topological polar surface area (TPSA) is 71.5 Å². The van der Waals surface area contributed by atoms with Gasteiger partial charge in [0.2, 0.25) is 5.82 Å². The van der Waals surface area contributed by atoms with Crippen molar-refractivity contribution in [2.45, 2.75) is 51.9 Å². The third-order valence-corrected chi connectivity index (χ3v) is 6.07. The van der Waals surface area contributed by atoms with E-state index < -0.39 is 5.41 Å². The number of H-pyrrole nitrogens is 1. The van der Waals surface area contributed by atoms with E-state index in [-0.39, 0.29) is 5.41 Å². The molecular formula is C24H26N4O. The average molecular weight is 386 g/mol. The van der Waals surface area contributed by atoms with Crippen LogP contribution in [0.5, 0.6) is 0 Å². The summed E-state index contributed by atoms with van der Waals surface area (Å²) in [7, 11) is 0. The van der Waals surface area contributed by atoms with Crippen molar-refractivity contribution in [3.8, 4) is 11.4 Å². The molecule has 5 nitrogen and oxygen atoms in total. The molecule has 4 rings (SSSR count). The fraction of sp³-hybridized carbons (Fsp3) is 0.333. The zero-order valence-corrected chi connectivity index (χ0v) is 17.6. The SMILES string of the molecule is CC(=Cc1ccc(-c2nn[nH]n2)cc1)c1ccc2c(c1)C(C)(C)C(=O)CC2(C)C. The van der Waals surface area contributed by atoms with Crippen molar-refractivity contribution in [3.63, 3.8) is 0 Å². The summed E-state index contributed by atoms with van der Waals surface area (Å²) < 4.78 is 0. The fourth-order valence-electron chi connectivity index (χ4n) is 4.11. The highest BCUT2D eigenvalue weighted by molar-refractivity contribution is 5.93. The van der Waals surface area contributed by atoms with Gasteiger partial charge >= 0.3 is 0 Å². The number of ketones is 1. The first kappa shape index (κ1) is 19.2. The smallest absolute Gasteiger partial charge is 0.204 e. The van der Waals surface area contributed by atoms with E-state index in [4.69, 9.17) is 0 Å². The molecule has 2 aromatic carbocycles. The van der Waals surface area contributed by atoms with E-state index >= 15 is 0 Å². The maximum absolute atomic E-state index is 12.8. The third kappa shape index (κ3) is 3.41. The molecule has 3 aromatic rings. The number of carbonyl (C=O) groups is 1. The number of nitrogens with one attached hydrogen (secondary N) is 1. The molecule has 1 N–H and O–H groups in total. The molecule has 0 spiro atoms. The monoisotopic (exact) mass is 386 g/mol. The Kier molecular flexibility index (Phi) is 4.49. The van der Waals surface area contributed by atoms with Gasteiger partial charge in [-0.3, -0.25) is 4.79 Å². The van der Waals surface area contributed by atoms with Crippen LogP contribution < -0.4 is 0 Å². The zero-order valence-electron chi connectivity index (χ0n) is 17.6. The van der Waals surface area contributed by atoms with Crippen LogP contribution in [0, 0.1) is 0 Å². The molecule has 1 heterocycles. The zero-order chi connectivity index (χ0) is 20.8. The van der Waals surface area contributed by atoms with Gasteiger partial charge in [-0.1, -0.05) is 62.4 Å². The van der Waals surface area contributed by atoms with Gasteiger partial charge in [0, 0.05) is 17.4 Å². The number of allylic oxidation sites excluding steroid dienone is 1. The number of carbonyl (C=O) groups excluding carboxylic acids is 1. The number of nitrogens with zero attached hydrogens (tertiary/aromatic N) is 3. The van der Waals surface area contributed by atoms with Gasteiger partial charge in [-0.15, -0.1) is 10.2 Å². The molecule has 1 aliphatic carbocycles. The van der Waals surface area contributed by atoms with Crippen molar-refractivity contribution in [1.29, 1.82) is 0 Å². The van der Waals surface area contributed by atoms with Crippen molar-refractivity contribution >= 4 is 17.4 Å². The minimum absolute atomic E-state index is 0.122. The highest BCUT2D eigenvalue weighted by Gasteiger charge is 2.43. The number of aromatic amines is 1. The molecule has 0 atom stereocenters. The Morgan fingerprint density at radius 2 is 1.76 bits per heavy atom. The molecule has 1 aliphatic rings. The Morgan fingerprint density at radius 3 is 2.41 bits per heavy atom. The number of hydrogen-bond donors (Lipinski definition) is 1. The van der Waals surface area contributed by atoms with Gasteiger partial charge in [0.05, 0.1) is 0 Å². The van der Waals surface area contributed by atoms with Gasteiger partial charge in [-0.25, -0.2) is 0 Å². The van der Waals surface area contributed by atoms with E-state index in [9.17, 15) is 4.79 Å². The van der Waals surface area contributed by atoms with Crippen molar-refractivity contribution in [1.82, 2.24) is 20.6 Å². The normalized spacial score (nSPS) is 17.8. The third-order valence-electron chi connectivity index (χ3n) is 6.07. The summed E-state index contributed by atoms with van der Waals surface area (Å²) in [6.45, 7) is 10.5. The van der Waals surface area contributed by atoms with Crippen molar-refractivity contribution < 1.29 is 4.79 Å². The Hall–Kier alpha value is -3.08. The first-order valence-corrected chi connectivity index (χ1v) is 9.89. The van der Waals surface area contributed by atoms with Gasteiger partial charge in [0.1, 0.15) is 5.78 Å². The van der Waals surface area contributed by atoms with Crippen LogP contribution in [0.1, 0.15) is 63.3 Å². The minimum atomic E-state index is -0.451. The Morgan fingerprint density at radius 1 is 1.03 bits per heavy atom. The summed E-state index contributed by atoms with van der Waals surface area (Å²) in [6, 6.07) is 14.6. The lowest BCUT2D eigenvalue weighted by molar-refractivity contribution is -0.125. The van der Waals surface area contributed by atoms with Gasteiger partial charge in [-0.2, -0.15) is 5.21 Å². The molecule has 0 fully saturated rings. The molecule has 0 bridgehead atoms. The number of rotatable bonds is 3. The molecule has 0 saturated heterocycles. The van der Waals surface area contributed by atoms with Crippen LogP contribution in [-0.2, 0) is 15.6 Å². The van der Waals surface area contributed by atoms with E-state index in [0.29, 0.717) is 18.0 Å². The standard InChI is InChI=1S/C24H26N4O/c1-15(12-16-6-8-17(9-7-16)22-25-27-28-26-22)18-10-11-19-20(13-18)24(4,5)21(29)14-23(19,2)3/h6-13H,14H2,1-5H3,(H,25,26,27,28). The molecule has 0 amide bonds. The highest BCUT2D eigenvalue weighted by Crippen LogP contribution is 2.44. The maximum atomic E-state index is 12.8. The van der Waals surface area contributed by atoms with E-state index in [2.05, 4.69) is 65.7 Å². The van der Waals surface area contributed by atoms with E-state index in [1.165, 1.54) is 5.56 Å². The van der Waals surface area contributed by atoms with E-state index in [1.807, 2.05) is 38.1 Å². The summed E-state index contributed by atoms with van der Waals surface area (Å²) in [6.07, 6.45) is 2.75. The first-order valence-electron chi connectivity index (χ1n) is 9.89. The summed E-state index contributed by atoms with van der Waals surface area (Å²) in [4.78, 5) is 12.8. The predicted octanol–water partition coefficient (Wildman–Crippen LogP) is 4.96. The van der Waals surface area contributed by atoms with Gasteiger partial charge in [0.15, 0.2) is 0 Å². The Balaban J connectivity index is 1.68. The van der Waals surface area contributed by atoms with Crippen LogP contribution in [0.25, 0.3) is 23.0 Å². The molecule has 0 unspecified atom stereocenters. The number of Topliss-reactive ketones (excluding diaryl/α,β-unsaturated/α-hetero) is 1. The lowest BCUT2D eigenvalue weighted by Crippen LogP contribution is -2.42. The van der Waals surface area contributed by atoms with Crippen LogP contribution in [0.2, 0.25) is 0 Å². The predicted molar refractivity (Wildman–Crippen MR) is 115 cm³/mol. The second-order valence-electron chi connectivity index (χ2n) is 9.05. The summed E-state index contributed by atoms with van der Waals surface area (Å²) in [5.41, 5.74) is 6.18. The van der Waals surface area contributed by atoms with E-state index in [1.54, 1.807) is 0 Å². The molecule has 5 heteroatoms. The molecule has 0 radical (unpaired) electrons. The van der Waals surface area contributed by atoms with Crippen LogP contribution >= 0.6 is 0 Å². The molecule has 0 saturated carbocycles. The van der Waals surface area contributed by atoms with Crippen LogP contribution in [0.15, 0.2) is 42.5 Å². The van der Waals surface area contributed by atoms with E-state index in [0.717, 1.165) is 27.8 Å². The van der Waals surface area contributed by atoms with Gasteiger partial charge in [0.25, 0.3) is 0 Å². The first-order chi connectivity index (χ1) is 13.7. The number of tetrazole rings is 1. The fourth-order valence-corrected chi connectivity index (χ4v) is 4.11. The average Bonchev–Trinajstić information content (AvgIpc) is 3.21. The molecular weight excluding hydrogens is 360 g/mol.